The first kappa shape index (κ1) is 31.3. The van der Waals surface area contributed by atoms with Crippen LogP contribution in [0.15, 0.2) is 71.6 Å². The molecule has 1 saturated heterocycles. The van der Waals surface area contributed by atoms with Crippen LogP contribution in [-0.4, -0.2) is 56.9 Å². The zero-order valence-corrected chi connectivity index (χ0v) is 25.1. The van der Waals surface area contributed by atoms with Gasteiger partial charge in [0.15, 0.2) is 0 Å². The number of carbonyl (C=O) groups excluding carboxylic acids is 3. The summed E-state index contributed by atoms with van der Waals surface area (Å²) in [6.45, 7) is 0.840. The fraction of sp³-hybridized carbons (Fsp3) is 0.276. The highest BCUT2D eigenvalue weighted by Gasteiger charge is 2.29. The summed E-state index contributed by atoms with van der Waals surface area (Å²) in [5.74, 6) is -1.17. The summed E-state index contributed by atoms with van der Waals surface area (Å²) < 4.78 is 32.8. The molecule has 0 radical (unpaired) electrons. The SMILES string of the molecule is COC(=O)C(Cc1ccc(NC(=O)c2c(Cl)cccc2Cl)cc1)NC(=O)Nc1ccccc1S(=O)(=O)N1CCCCC1. The molecule has 0 spiro atoms. The summed E-state index contributed by atoms with van der Waals surface area (Å²) in [4.78, 5) is 38.1. The molecule has 1 unspecified atom stereocenters. The summed E-state index contributed by atoms with van der Waals surface area (Å²) in [6, 6.07) is 15.7. The van der Waals surface area contributed by atoms with Crippen molar-refractivity contribution in [1.82, 2.24) is 9.62 Å². The van der Waals surface area contributed by atoms with Crippen LogP contribution in [0, 0.1) is 0 Å². The lowest BCUT2D eigenvalue weighted by Crippen LogP contribution is -2.45. The van der Waals surface area contributed by atoms with Crippen LogP contribution in [0.1, 0.15) is 35.2 Å². The Balaban J connectivity index is 1.43. The number of ether oxygens (including phenoxy) is 1. The third-order valence-corrected chi connectivity index (χ3v) is 9.29. The first-order chi connectivity index (χ1) is 20.1. The number of amides is 3. The molecule has 0 aromatic heterocycles. The number of urea groups is 1. The number of halogens is 2. The minimum absolute atomic E-state index is 0.0209. The smallest absolute Gasteiger partial charge is 0.328 e. The van der Waals surface area contributed by atoms with Gasteiger partial charge in [-0.2, -0.15) is 4.31 Å². The van der Waals surface area contributed by atoms with Gasteiger partial charge in [-0.1, -0.05) is 60.0 Å². The van der Waals surface area contributed by atoms with E-state index in [0.717, 1.165) is 19.3 Å². The van der Waals surface area contributed by atoms with E-state index in [0.29, 0.717) is 24.3 Å². The summed E-state index contributed by atoms with van der Waals surface area (Å²) in [6.07, 6.45) is 2.59. The van der Waals surface area contributed by atoms with Crippen LogP contribution in [0.3, 0.4) is 0 Å². The topological polar surface area (TPSA) is 134 Å². The summed E-state index contributed by atoms with van der Waals surface area (Å²) in [5, 5.41) is 8.30. The Morgan fingerprint density at radius 1 is 0.881 bits per heavy atom. The van der Waals surface area contributed by atoms with Gasteiger partial charge < -0.3 is 20.7 Å². The molecular weight excluding hydrogens is 603 g/mol. The number of hydrogen-bond acceptors (Lipinski definition) is 6. The number of nitrogens with one attached hydrogen (secondary N) is 3. The third kappa shape index (κ3) is 7.60. The highest BCUT2D eigenvalue weighted by atomic mass is 35.5. The van der Waals surface area contributed by atoms with Gasteiger partial charge in [0.25, 0.3) is 5.91 Å². The fourth-order valence-electron chi connectivity index (χ4n) is 4.56. The summed E-state index contributed by atoms with van der Waals surface area (Å²) in [5.41, 5.74) is 1.37. The van der Waals surface area contributed by atoms with Gasteiger partial charge in [-0.15, -0.1) is 0 Å². The number of para-hydroxylation sites is 1. The minimum Gasteiger partial charge on any atom is -0.467 e. The van der Waals surface area contributed by atoms with E-state index < -0.39 is 34.0 Å². The van der Waals surface area contributed by atoms with E-state index in [1.54, 1.807) is 54.6 Å². The van der Waals surface area contributed by atoms with Gasteiger partial charge in [-0.3, -0.25) is 4.79 Å². The van der Waals surface area contributed by atoms with Crippen molar-refractivity contribution in [3.63, 3.8) is 0 Å². The number of sulfonamides is 1. The molecule has 3 aromatic rings. The zero-order chi connectivity index (χ0) is 30.3. The molecule has 42 heavy (non-hydrogen) atoms. The highest BCUT2D eigenvalue weighted by molar-refractivity contribution is 7.89. The monoisotopic (exact) mass is 632 g/mol. The average Bonchev–Trinajstić information content (AvgIpc) is 2.98. The lowest BCUT2D eigenvalue weighted by molar-refractivity contribution is -0.142. The van der Waals surface area contributed by atoms with Crippen LogP contribution >= 0.6 is 23.2 Å². The van der Waals surface area contributed by atoms with E-state index in [1.165, 1.54) is 23.5 Å². The maximum Gasteiger partial charge on any atom is 0.328 e. The number of esters is 1. The Morgan fingerprint density at radius 3 is 2.17 bits per heavy atom. The lowest BCUT2D eigenvalue weighted by Gasteiger charge is -2.27. The van der Waals surface area contributed by atoms with Crippen LogP contribution in [0.4, 0.5) is 16.2 Å². The molecule has 4 rings (SSSR count). The molecule has 13 heteroatoms. The number of anilines is 2. The molecule has 3 amide bonds. The number of piperidine rings is 1. The second-order valence-corrected chi connectivity index (χ2v) is 12.3. The number of methoxy groups -OCH3 is 1. The third-order valence-electron chi connectivity index (χ3n) is 6.70. The highest BCUT2D eigenvalue weighted by Crippen LogP contribution is 2.27. The second-order valence-electron chi connectivity index (χ2n) is 9.59. The fourth-order valence-corrected chi connectivity index (χ4v) is 6.79. The summed E-state index contributed by atoms with van der Waals surface area (Å²) in [7, 11) is -2.61. The Morgan fingerprint density at radius 2 is 1.52 bits per heavy atom. The number of rotatable bonds is 9. The summed E-state index contributed by atoms with van der Waals surface area (Å²) >= 11 is 12.2. The van der Waals surface area contributed by atoms with Crippen molar-refractivity contribution in [2.45, 2.75) is 36.6 Å². The molecule has 3 aromatic carbocycles. The Kier molecular flexibility index (Phi) is 10.4. The Hall–Kier alpha value is -3.64. The van der Waals surface area contributed by atoms with Crippen molar-refractivity contribution in [1.29, 1.82) is 0 Å². The molecule has 3 N–H and O–H groups in total. The van der Waals surface area contributed by atoms with Crippen LogP contribution in [0.2, 0.25) is 10.0 Å². The van der Waals surface area contributed by atoms with Crippen molar-refractivity contribution in [3.8, 4) is 0 Å². The van der Waals surface area contributed by atoms with E-state index in [9.17, 15) is 22.8 Å². The molecule has 10 nitrogen and oxygen atoms in total. The quantitative estimate of drug-likeness (QED) is 0.273. The lowest BCUT2D eigenvalue weighted by atomic mass is 10.1. The Bertz CT molecular complexity index is 1540. The molecule has 1 heterocycles. The molecule has 1 aliphatic rings. The zero-order valence-electron chi connectivity index (χ0n) is 22.7. The van der Waals surface area contributed by atoms with E-state index in [4.69, 9.17) is 27.9 Å². The molecule has 1 aliphatic heterocycles. The van der Waals surface area contributed by atoms with Crippen LogP contribution in [0.5, 0.6) is 0 Å². The van der Waals surface area contributed by atoms with E-state index >= 15 is 0 Å². The van der Waals surface area contributed by atoms with Gasteiger partial charge in [0.1, 0.15) is 10.9 Å². The molecular formula is C29H30Cl2N4O6S. The molecule has 0 bridgehead atoms. The molecule has 0 aliphatic carbocycles. The predicted octanol–water partition coefficient (Wildman–Crippen LogP) is 5.33. The molecule has 222 valence electrons. The first-order valence-corrected chi connectivity index (χ1v) is 15.4. The van der Waals surface area contributed by atoms with Crippen molar-refractivity contribution in [2.75, 3.05) is 30.8 Å². The minimum atomic E-state index is -3.82. The van der Waals surface area contributed by atoms with E-state index in [2.05, 4.69) is 16.0 Å². The molecule has 1 fully saturated rings. The van der Waals surface area contributed by atoms with Crippen molar-refractivity contribution >= 4 is 62.5 Å². The van der Waals surface area contributed by atoms with Gasteiger partial charge in [-0.05, 0) is 54.8 Å². The second kappa shape index (κ2) is 14.0. The molecule has 1 atom stereocenters. The van der Waals surface area contributed by atoms with Crippen molar-refractivity contribution in [3.05, 3.63) is 87.9 Å². The van der Waals surface area contributed by atoms with Crippen LogP contribution in [-0.2, 0) is 26.0 Å². The first-order valence-electron chi connectivity index (χ1n) is 13.2. The number of hydrogen-bond donors (Lipinski definition) is 3. The van der Waals surface area contributed by atoms with Gasteiger partial charge in [0.2, 0.25) is 10.0 Å². The van der Waals surface area contributed by atoms with Crippen molar-refractivity contribution in [2.24, 2.45) is 0 Å². The Labute approximate surface area is 254 Å². The normalized spacial score (nSPS) is 14.5. The van der Waals surface area contributed by atoms with Gasteiger partial charge >= 0.3 is 12.0 Å². The largest absolute Gasteiger partial charge is 0.467 e. The van der Waals surface area contributed by atoms with E-state index in [1.807, 2.05) is 0 Å². The molecule has 0 saturated carbocycles. The van der Waals surface area contributed by atoms with Crippen LogP contribution in [0.25, 0.3) is 0 Å². The van der Waals surface area contributed by atoms with E-state index in [-0.39, 0.29) is 32.6 Å². The van der Waals surface area contributed by atoms with Gasteiger partial charge in [0.05, 0.1) is 28.4 Å². The number of carbonyl (C=O) groups is 3. The van der Waals surface area contributed by atoms with Gasteiger partial charge in [0, 0.05) is 25.2 Å². The van der Waals surface area contributed by atoms with Crippen molar-refractivity contribution < 1.29 is 27.5 Å². The number of nitrogens with zero attached hydrogens (tertiary/aromatic N) is 1. The maximum absolute atomic E-state index is 13.3. The maximum atomic E-state index is 13.3. The standard InChI is InChI=1S/C29H30Cl2N4O6S/c1-41-28(37)24(18-19-12-14-20(15-13-19)32-27(36)26-21(30)8-7-9-22(26)31)34-29(38)33-23-10-3-4-11-25(23)42(39,40)35-16-5-2-6-17-35/h3-4,7-15,24H,2,5-6,16-18H2,1H3,(H,32,36)(H2,33,34,38). The van der Waals surface area contributed by atoms with Gasteiger partial charge in [-0.25, -0.2) is 18.0 Å². The average molecular weight is 634 g/mol. The predicted molar refractivity (Wildman–Crippen MR) is 162 cm³/mol. The van der Waals surface area contributed by atoms with Crippen LogP contribution < -0.4 is 16.0 Å². The number of benzene rings is 3.